The summed E-state index contributed by atoms with van der Waals surface area (Å²) in [6, 6.07) is 2.37. The maximum absolute atomic E-state index is 12.6. The molecule has 0 radical (unpaired) electrons. The van der Waals surface area contributed by atoms with E-state index >= 15 is 0 Å². The summed E-state index contributed by atoms with van der Waals surface area (Å²) in [5.74, 6) is -0.0610. The van der Waals surface area contributed by atoms with Gasteiger partial charge in [-0.25, -0.2) is 9.97 Å². The largest absolute Gasteiger partial charge is 0.334 e. The van der Waals surface area contributed by atoms with Gasteiger partial charge in [0.1, 0.15) is 5.82 Å². The van der Waals surface area contributed by atoms with Crippen molar-refractivity contribution >= 4 is 15.7 Å². The summed E-state index contributed by atoms with van der Waals surface area (Å²) in [4.78, 5) is 7.36. The molecule has 8 heteroatoms. The number of nitrogens with one attached hydrogen (secondary N) is 1. The molecule has 0 aromatic carbocycles. The van der Waals surface area contributed by atoms with E-state index in [0.717, 1.165) is 12.3 Å². The number of aromatic nitrogens is 3. The standard InChI is InChI=1S/C11H13FN4O2S/c1-3-16-7-11(14-8(16)2)19(17,18)15-9-4-5-10(12)13-6-9/h4-7,15H,3H2,1-2H3. The second-order valence-electron chi connectivity index (χ2n) is 3.89. The van der Waals surface area contributed by atoms with Crippen molar-refractivity contribution in [3.63, 3.8) is 0 Å². The molecule has 102 valence electrons. The minimum atomic E-state index is -3.78. The summed E-state index contributed by atoms with van der Waals surface area (Å²) >= 11 is 0. The van der Waals surface area contributed by atoms with Crippen molar-refractivity contribution in [3.8, 4) is 0 Å². The molecule has 2 heterocycles. The SMILES string of the molecule is CCn1cc(S(=O)(=O)Nc2ccc(F)nc2)nc1C. The fourth-order valence-corrected chi connectivity index (χ4v) is 2.63. The zero-order valence-electron chi connectivity index (χ0n) is 10.5. The van der Waals surface area contributed by atoms with Crippen LogP contribution in [0.5, 0.6) is 0 Å². The van der Waals surface area contributed by atoms with Gasteiger partial charge in [0, 0.05) is 12.7 Å². The molecule has 0 aliphatic carbocycles. The molecule has 0 fully saturated rings. The number of anilines is 1. The van der Waals surface area contributed by atoms with E-state index < -0.39 is 16.0 Å². The Morgan fingerprint density at radius 1 is 1.42 bits per heavy atom. The molecule has 0 bridgehead atoms. The van der Waals surface area contributed by atoms with Crippen LogP contribution in [0.4, 0.5) is 10.1 Å². The van der Waals surface area contributed by atoms with Crippen molar-refractivity contribution in [2.75, 3.05) is 4.72 Å². The van der Waals surface area contributed by atoms with Gasteiger partial charge in [-0.1, -0.05) is 0 Å². The molecule has 19 heavy (non-hydrogen) atoms. The van der Waals surface area contributed by atoms with Gasteiger partial charge in [-0.2, -0.15) is 12.8 Å². The van der Waals surface area contributed by atoms with Gasteiger partial charge in [0.15, 0.2) is 5.03 Å². The number of rotatable bonds is 4. The highest BCUT2D eigenvalue weighted by Crippen LogP contribution is 2.15. The molecular formula is C11H13FN4O2S. The molecule has 0 aliphatic heterocycles. The number of hydrogen-bond donors (Lipinski definition) is 1. The number of pyridine rings is 1. The number of halogens is 1. The zero-order valence-corrected chi connectivity index (χ0v) is 11.3. The molecule has 6 nitrogen and oxygen atoms in total. The normalized spacial score (nSPS) is 11.5. The summed E-state index contributed by atoms with van der Waals surface area (Å²) in [7, 11) is -3.78. The van der Waals surface area contributed by atoms with E-state index in [9.17, 15) is 12.8 Å². The molecule has 0 saturated heterocycles. The van der Waals surface area contributed by atoms with Crippen molar-refractivity contribution in [2.24, 2.45) is 0 Å². The molecule has 0 spiro atoms. The maximum Gasteiger partial charge on any atom is 0.281 e. The lowest BCUT2D eigenvalue weighted by atomic mass is 10.4. The number of aryl methyl sites for hydroxylation is 2. The summed E-state index contributed by atoms with van der Waals surface area (Å²) in [5.41, 5.74) is 0.185. The van der Waals surface area contributed by atoms with E-state index in [-0.39, 0.29) is 10.7 Å². The monoisotopic (exact) mass is 284 g/mol. The van der Waals surface area contributed by atoms with Crippen molar-refractivity contribution in [3.05, 3.63) is 36.3 Å². The third-order valence-electron chi connectivity index (χ3n) is 2.55. The van der Waals surface area contributed by atoms with Gasteiger partial charge < -0.3 is 4.57 Å². The molecule has 2 rings (SSSR count). The molecular weight excluding hydrogens is 271 g/mol. The molecule has 0 aliphatic rings. The fourth-order valence-electron chi connectivity index (χ4n) is 1.57. The Kier molecular flexibility index (Phi) is 3.52. The van der Waals surface area contributed by atoms with Crippen LogP contribution in [0.25, 0.3) is 0 Å². The molecule has 2 aromatic heterocycles. The van der Waals surface area contributed by atoms with Crippen LogP contribution < -0.4 is 4.72 Å². The summed E-state index contributed by atoms with van der Waals surface area (Å²) in [6.07, 6.45) is 2.56. The number of hydrogen-bond acceptors (Lipinski definition) is 4. The maximum atomic E-state index is 12.6. The lowest BCUT2D eigenvalue weighted by Gasteiger charge is -2.04. The van der Waals surface area contributed by atoms with Crippen molar-refractivity contribution < 1.29 is 12.8 Å². The third-order valence-corrected chi connectivity index (χ3v) is 3.80. The second-order valence-corrected chi connectivity index (χ2v) is 5.52. The highest BCUT2D eigenvalue weighted by molar-refractivity contribution is 7.92. The summed E-state index contributed by atoms with van der Waals surface area (Å²) < 4.78 is 40.8. The summed E-state index contributed by atoms with van der Waals surface area (Å²) in [6.45, 7) is 4.25. The van der Waals surface area contributed by atoms with Gasteiger partial charge in [-0.3, -0.25) is 4.72 Å². The minimum absolute atomic E-state index is 0.0730. The molecule has 0 amide bonds. The Morgan fingerprint density at radius 3 is 2.68 bits per heavy atom. The zero-order chi connectivity index (χ0) is 14.0. The van der Waals surface area contributed by atoms with Crippen LogP contribution in [0.15, 0.2) is 29.6 Å². The predicted octanol–water partition coefficient (Wildman–Crippen LogP) is 1.55. The number of nitrogens with zero attached hydrogens (tertiary/aromatic N) is 3. The highest BCUT2D eigenvalue weighted by Gasteiger charge is 2.19. The number of imidazole rings is 1. The molecule has 0 saturated carbocycles. The van der Waals surface area contributed by atoms with E-state index in [4.69, 9.17) is 0 Å². The first kappa shape index (κ1) is 13.5. The van der Waals surface area contributed by atoms with Crippen LogP contribution in [0, 0.1) is 12.9 Å². The summed E-state index contributed by atoms with van der Waals surface area (Å²) in [5, 5.41) is -0.0730. The van der Waals surface area contributed by atoms with Gasteiger partial charge in [-0.05, 0) is 26.0 Å². The first-order valence-electron chi connectivity index (χ1n) is 5.60. The van der Waals surface area contributed by atoms with Crippen LogP contribution in [0.1, 0.15) is 12.7 Å². The third kappa shape index (κ3) is 2.90. The Hall–Kier alpha value is -1.96. The average molecular weight is 284 g/mol. The first-order valence-corrected chi connectivity index (χ1v) is 7.09. The topological polar surface area (TPSA) is 76.9 Å². The Morgan fingerprint density at radius 2 is 2.16 bits per heavy atom. The predicted molar refractivity (Wildman–Crippen MR) is 67.6 cm³/mol. The lowest BCUT2D eigenvalue weighted by molar-refractivity contribution is 0.583. The van der Waals surface area contributed by atoms with Crippen molar-refractivity contribution in [1.29, 1.82) is 0 Å². The average Bonchev–Trinajstić information content (AvgIpc) is 2.74. The van der Waals surface area contributed by atoms with Crippen LogP contribution >= 0.6 is 0 Å². The molecule has 0 atom stereocenters. The Bertz CT molecular complexity index is 679. The van der Waals surface area contributed by atoms with Gasteiger partial charge in [-0.15, -0.1) is 0 Å². The van der Waals surface area contributed by atoms with Gasteiger partial charge in [0.2, 0.25) is 5.95 Å². The van der Waals surface area contributed by atoms with E-state index in [1.165, 1.54) is 12.3 Å². The lowest BCUT2D eigenvalue weighted by Crippen LogP contribution is -2.13. The Balaban J connectivity index is 2.29. The van der Waals surface area contributed by atoms with E-state index in [1.807, 2.05) is 6.92 Å². The van der Waals surface area contributed by atoms with Gasteiger partial charge >= 0.3 is 0 Å². The first-order chi connectivity index (χ1) is 8.92. The number of sulfonamides is 1. The van der Waals surface area contributed by atoms with Crippen molar-refractivity contribution in [2.45, 2.75) is 25.4 Å². The van der Waals surface area contributed by atoms with Crippen LogP contribution in [0.2, 0.25) is 0 Å². The second kappa shape index (κ2) is 4.96. The fraction of sp³-hybridized carbons (Fsp3) is 0.273. The van der Waals surface area contributed by atoms with Crippen molar-refractivity contribution in [1.82, 2.24) is 14.5 Å². The van der Waals surface area contributed by atoms with E-state index in [2.05, 4.69) is 14.7 Å². The smallest absolute Gasteiger partial charge is 0.281 e. The van der Waals surface area contributed by atoms with Crippen LogP contribution in [0.3, 0.4) is 0 Å². The quantitative estimate of drug-likeness (QED) is 0.864. The van der Waals surface area contributed by atoms with Gasteiger partial charge in [0.25, 0.3) is 10.0 Å². The molecule has 0 unspecified atom stereocenters. The van der Waals surface area contributed by atoms with E-state index in [1.54, 1.807) is 11.5 Å². The van der Waals surface area contributed by atoms with Crippen LogP contribution in [-0.4, -0.2) is 23.0 Å². The molecule has 1 N–H and O–H groups in total. The molecule has 2 aromatic rings. The van der Waals surface area contributed by atoms with Crippen LogP contribution in [-0.2, 0) is 16.6 Å². The highest BCUT2D eigenvalue weighted by atomic mass is 32.2. The Labute approximate surface area is 110 Å². The van der Waals surface area contributed by atoms with Gasteiger partial charge in [0.05, 0.1) is 11.9 Å². The minimum Gasteiger partial charge on any atom is -0.334 e. The van der Waals surface area contributed by atoms with E-state index in [0.29, 0.717) is 12.4 Å².